The molecule has 3 rings (SSSR count). The number of benzene rings is 1. The van der Waals surface area contributed by atoms with Crippen LogP contribution in [0.5, 0.6) is 5.75 Å². The van der Waals surface area contributed by atoms with Gasteiger partial charge >= 0.3 is 0 Å². The molecule has 2 aliphatic rings. The van der Waals surface area contributed by atoms with E-state index in [1.165, 1.54) is 0 Å². The number of fused-ring (bicyclic) bond motifs is 1. The SMILES string of the molecule is C[C@H]1OCCN[C@@H]1C(=O)Nc1ccc2c(c1)N(C(=O)C(C)(C)C)CCO2. The molecule has 2 heterocycles. The molecule has 0 radical (unpaired) electrons. The van der Waals surface area contributed by atoms with Gasteiger partial charge < -0.3 is 25.0 Å². The van der Waals surface area contributed by atoms with E-state index in [0.717, 1.165) is 0 Å². The van der Waals surface area contributed by atoms with Crippen LogP contribution < -0.4 is 20.3 Å². The van der Waals surface area contributed by atoms with Crippen LogP contribution in [0.2, 0.25) is 0 Å². The predicted octanol–water partition coefficient (Wildman–Crippen LogP) is 1.77. The van der Waals surface area contributed by atoms with Crippen molar-refractivity contribution in [1.82, 2.24) is 5.32 Å². The summed E-state index contributed by atoms with van der Waals surface area (Å²) in [6.45, 7) is 9.77. The Balaban J connectivity index is 1.81. The van der Waals surface area contributed by atoms with Gasteiger partial charge in [0.1, 0.15) is 18.4 Å². The van der Waals surface area contributed by atoms with Crippen molar-refractivity contribution in [2.75, 3.05) is 36.5 Å². The lowest BCUT2D eigenvalue weighted by Gasteiger charge is -2.34. The highest BCUT2D eigenvalue weighted by molar-refractivity contribution is 6.00. The molecule has 0 aliphatic carbocycles. The number of nitrogens with zero attached hydrogens (tertiary/aromatic N) is 1. The minimum absolute atomic E-state index is 0.0292. The molecule has 0 aromatic heterocycles. The van der Waals surface area contributed by atoms with E-state index < -0.39 is 11.5 Å². The maximum Gasteiger partial charge on any atom is 0.244 e. The number of amides is 2. The highest BCUT2D eigenvalue weighted by Crippen LogP contribution is 2.36. The summed E-state index contributed by atoms with van der Waals surface area (Å²) in [5.41, 5.74) is 0.826. The maximum atomic E-state index is 12.8. The molecule has 1 fully saturated rings. The first-order valence-corrected chi connectivity index (χ1v) is 9.02. The van der Waals surface area contributed by atoms with E-state index in [2.05, 4.69) is 10.6 Å². The van der Waals surface area contributed by atoms with Gasteiger partial charge in [-0.2, -0.15) is 0 Å². The van der Waals surface area contributed by atoms with Gasteiger partial charge in [0.15, 0.2) is 0 Å². The first-order valence-electron chi connectivity index (χ1n) is 9.02. The van der Waals surface area contributed by atoms with Crippen molar-refractivity contribution >= 4 is 23.2 Å². The Bertz CT molecular complexity index is 699. The molecule has 0 unspecified atom stereocenters. The Kier molecular flexibility index (Phi) is 5.20. The smallest absolute Gasteiger partial charge is 0.244 e. The van der Waals surface area contributed by atoms with Gasteiger partial charge in [-0.1, -0.05) is 20.8 Å². The van der Waals surface area contributed by atoms with Crippen LogP contribution in [0.15, 0.2) is 18.2 Å². The second kappa shape index (κ2) is 7.25. The Morgan fingerprint density at radius 2 is 2.04 bits per heavy atom. The molecular formula is C19H27N3O4. The summed E-state index contributed by atoms with van der Waals surface area (Å²) < 4.78 is 11.2. The molecule has 2 N–H and O–H groups in total. The third kappa shape index (κ3) is 3.83. The largest absolute Gasteiger partial charge is 0.490 e. The van der Waals surface area contributed by atoms with Crippen LogP contribution in [-0.2, 0) is 14.3 Å². The standard InChI is InChI=1S/C19H27N3O4/c1-12-16(20-7-9-25-12)17(23)21-13-5-6-15-14(11-13)22(8-10-26-15)18(24)19(2,3)4/h5-6,11-12,16,20H,7-10H2,1-4H3,(H,21,23)/t12-,16+/m1/s1. The van der Waals surface area contributed by atoms with Crippen LogP contribution in [0.25, 0.3) is 0 Å². The normalized spacial score (nSPS) is 23.0. The number of carbonyl (C=O) groups excluding carboxylic acids is 2. The van der Waals surface area contributed by atoms with E-state index in [1.54, 1.807) is 23.1 Å². The Hall–Kier alpha value is -2.12. The zero-order valence-electron chi connectivity index (χ0n) is 15.8. The van der Waals surface area contributed by atoms with E-state index in [9.17, 15) is 9.59 Å². The van der Waals surface area contributed by atoms with Gasteiger partial charge in [0.05, 0.1) is 24.9 Å². The zero-order valence-corrected chi connectivity index (χ0v) is 15.8. The average molecular weight is 361 g/mol. The third-order valence-electron chi connectivity index (χ3n) is 4.58. The molecule has 1 saturated heterocycles. The zero-order chi connectivity index (χ0) is 18.9. The molecule has 2 aliphatic heterocycles. The van der Waals surface area contributed by atoms with Gasteiger partial charge in [-0.3, -0.25) is 9.59 Å². The summed E-state index contributed by atoms with van der Waals surface area (Å²) >= 11 is 0. The van der Waals surface area contributed by atoms with Crippen LogP contribution in [0.1, 0.15) is 27.7 Å². The summed E-state index contributed by atoms with van der Waals surface area (Å²) in [6, 6.07) is 4.98. The van der Waals surface area contributed by atoms with Gasteiger partial charge in [-0.15, -0.1) is 0 Å². The van der Waals surface area contributed by atoms with Crippen LogP contribution in [-0.4, -0.2) is 50.3 Å². The second-order valence-corrected chi connectivity index (χ2v) is 7.73. The summed E-state index contributed by atoms with van der Waals surface area (Å²) in [4.78, 5) is 27.1. The number of hydrogen-bond acceptors (Lipinski definition) is 5. The van der Waals surface area contributed by atoms with Gasteiger partial charge in [0, 0.05) is 17.6 Å². The van der Waals surface area contributed by atoms with Crippen molar-refractivity contribution in [2.45, 2.75) is 39.8 Å². The molecular weight excluding hydrogens is 334 g/mol. The molecule has 7 nitrogen and oxygen atoms in total. The minimum atomic E-state index is -0.493. The van der Waals surface area contributed by atoms with Crippen molar-refractivity contribution in [3.63, 3.8) is 0 Å². The minimum Gasteiger partial charge on any atom is -0.490 e. The Morgan fingerprint density at radius 3 is 2.73 bits per heavy atom. The topological polar surface area (TPSA) is 79.9 Å². The quantitative estimate of drug-likeness (QED) is 0.839. The van der Waals surface area contributed by atoms with Gasteiger partial charge in [-0.25, -0.2) is 0 Å². The lowest BCUT2D eigenvalue weighted by Crippen LogP contribution is -2.53. The number of carbonyl (C=O) groups is 2. The summed E-state index contributed by atoms with van der Waals surface area (Å²) in [6.07, 6.45) is -0.191. The Labute approximate surface area is 154 Å². The molecule has 2 atom stereocenters. The van der Waals surface area contributed by atoms with Crippen LogP contribution in [0.3, 0.4) is 0 Å². The van der Waals surface area contributed by atoms with E-state index in [0.29, 0.717) is 43.4 Å². The van der Waals surface area contributed by atoms with Crippen molar-refractivity contribution in [2.24, 2.45) is 5.41 Å². The number of anilines is 2. The lowest BCUT2D eigenvalue weighted by molar-refractivity contribution is -0.126. The van der Waals surface area contributed by atoms with Gasteiger partial charge in [-0.05, 0) is 25.1 Å². The Morgan fingerprint density at radius 1 is 1.27 bits per heavy atom. The van der Waals surface area contributed by atoms with Crippen LogP contribution >= 0.6 is 0 Å². The number of ether oxygens (including phenoxy) is 2. The summed E-state index contributed by atoms with van der Waals surface area (Å²) in [7, 11) is 0. The first kappa shape index (κ1) is 18.7. The molecule has 7 heteroatoms. The average Bonchev–Trinajstić information content (AvgIpc) is 2.60. The predicted molar refractivity (Wildman–Crippen MR) is 99.6 cm³/mol. The fourth-order valence-corrected chi connectivity index (χ4v) is 3.16. The number of morpholine rings is 1. The molecule has 26 heavy (non-hydrogen) atoms. The summed E-state index contributed by atoms with van der Waals surface area (Å²) in [5, 5.41) is 6.09. The maximum absolute atomic E-state index is 12.8. The van der Waals surface area contributed by atoms with E-state index in [4.69, 9.17) is 9.47 Å². The van der Waals surface area contributed by atoms with E-state index in [-0.39, 0.29) is 17.9 Å². The third-order valence-corrected chi connectivity index (χ3v) is 4.58. The number of hydrogen-bond donors (Lipinski definition) is 2. The molecule has 2 amide bonds. The molecule has 0 bridgehead atoms. The van der Waals surface area contributed by atoms with Gasteiger partial charge in [0.2, 0.25) is 11.8 Å². The second-order valence-electron chi connectivity index (χ2n) is 7.73. The number of nitrogens with one attached hydrogen (secondary N) is 2. The van der Waals surface area contributed by atoms with Crippen molar-refractivity contribution < 1.29 is 19.1 Å². The fraction of sp³-hybridized carbons (Fsp3) is 0.579. The lowest BCUT2D eigenvalue weighted by atomic mass is 9.94. The number of rotatable bonds is 2. The fourth-order valence-electron chi connectivity index (χ4n) is 3.16. The van der Waals surface area contributed by atoms with E-state index in [1.807, 2.05) is 27.7 Å². The monoisotopic (exact) mass is 361 g/mol. The first-order chi connectivity index (χ1) is 12.3. The highest BCUT2D eigenvalue weighted by atomic mass is 16.5. The van der Waals surface area contributed by atoms with Crippen molar-refractivity contribution in [1.29, 1.82) is 0 Å². The van der Waals surface area contributed by atoms with Crippen molar-refractivity contribution in [3.8, 4) is 5.75 Å². The van der Waals surface area contributed by atoms with Crippen LogP contribution in [0, 0.1) is 5.41 Å². The molecule has 1 aromatic carbocycles. The molecule has 142 valence electrons. The summed E-state index contributed by atoms with van der Waals surface area (Å²) in [5.74, 6) is 0.531. The molecule has 0 saturated carbocycles. The molecule has 0 spiro atoms. The van der Waals surface area contributed by atoms with Crippen LogP contribution in [0.4, 0.5) is 11.4 Å². The van der Waals surface area contributed by atoms with Crippen molar-refractivity contribution in [3.05, 3.63) is 18.2 Å². The van der Waals surface area contributed by atoms with E-state index >= 15 is 0 Å². The molecule has 1 aromatic rings. The van der Waals surface area contributed by atoms with Gasteiger partial charge in [0.25, 0.3) is 0 Å². The highest BCUT2D eigenvalue weighted by Gasteiger charge is 2.32.